The van der Waals surface area contributed by atoms with E-state index in [0.717, 1.165) is 17.1 Å². The number of hydrogen-bond acceptors (Lipinski definition) is 3. The van der Waals surface area contributed by atoms with Crippen molar-refractivity contribution < 1.29 is 5.11 Å². The third kappa shape index (κ3) is 2.43. The van der Waals surface area contributed by atoms with Crippen LogP contribution < -0.4 is 5.32 Å². The minimum absolute atomic E-state index is 0.0935. The Morgan fingerprint density at radius 3 is 2.67 bits per heavy atom. The third-order valence-electron chi connectivity index (χ3n) is 3.08. The molecule has 0 aliphatic heterocycles. The molecular weight excluding hydrogens is 250 g/mol. The molecule has 0 saturated heterocycles. The number of phenols is 1. The number of nitrogens with one attached hydrogen (secondary N) is 1. The maximum Gasteiger partial charge on any atom is 0.134 e. The Kier molecular flexibility index (Phi) is 3.48. The van der Waals surface area contributed by atoms with Crippen LogP contribution in [0.2, 0.25) is 5.02 Å². The average molecular weight is 266 g/mol. The largest absolute Gasteiger partial charge is 0.506 e. The number of halogens is 1. The van der Waals surface area contributed by atoms with Crippen LogP contribution in [-0.2, 0) is 13.6 Å². The van der Waals surface area contributed by atoms with E-state index in [1.807, 2.05) is 25.6 Å². The van der Waals surface area contributed by atoms with Gasteiger partial charge in [-0.3, -0.25) is 4.68 Å². The predicted molar refractivity (Wildman–Crippen MR) is 73.1 cm³/mol. The second-order valence-electron chi connectivity index (χ2n) is 4.29. The van der Waals surface area contributed by atoms with Crippen molar-refractivity contribution in [2.45, 2.75) is 20.4 Å². The number of aryl methyl sites for hydroxylation is 2. The highest BCUT2D eigenvalue weighted by Gasteiger charge is 2.09. The molecule has 0 atom stereocenters. The lowest BCUT2D eigenvalue weighted by Gasteiger charge is -2.08. The minimum atomic E-state index is 0.0935. The van der Waals surface area contributed by atoms with Gasteiger partial charge in [0.2, 0.25) is 0 Å². The van der Waals surface area contributed by atoms with Gasteiger partial charge in [0.25, 0.3) is 0 Å². The monoisotopic (exact) mass is 265 g/mol. The molecule has 0 saturated carbocycles. The molecule has 0 fully saturated rings. The first-order valence-electron chi connectivity index (χ1n) is 5.70. The smallest absolute Gasteiger partial charge is 0.134 e. The van der Waals surface area contributed by atoms with Gasteiger partial charge in [0.05, 0.1) is 10.7 Å². The molecule has 5 heteroatoms. The molecule has 1 aromatic heterocycles. The molecule has 2 rings (SSSR count). The van der Waals surface area contributed by atoms with Gasteiger partial charge >= 0.3 is 0 Å². The maximum absolute atomic E-state index is 9.35. The molecule has 1 aromatic carbocycles. The van der Waals surface area contributed by atoms with Crippen LogP contribution in [0.4, 0.5) is 5.69 Å². The second-order valence-corrected chi connectivity index (χ2v) is 4.70. The molecule has 0 radical (unpaired) electrons. The molecule has 4 nitrogen and oxygen atoms in total. The number of phenolic OH excluding ortho intramolecular Hbond substituents is 1. The van der Waals surface area contributed by atoms with Gasteiger partial charge < -0.3 is 10.4 Å². The summed E-state index contributed by atoms with van der Waals surface area (Å²) in [7, 11) is 1.93. The number of hydrogen-bond donors (Lipinski definition) is 2. The van der Waals surface area contributed by atoms with Crippen LogP contribution in [0.5, 0.6) is 5.75 Å². The lowest BCUT2D eigenvalue weighted by atomic mass is 10.2. The summed E-state index contributed by atoms with van der Waals surface area (Å²) in [5, 5.41) is 17.3. The lowest BCUT2D eigenvalue weighted by Crippen LogP contribution is -2.02. The number of nitrogens with zero attached hydrogens (tertiary/aromatic N) is 2. The number of aromatic nitrogens is 2. The molecule has 0 spiro atoms. The highest BCUT2D eigenvalue weighted by atomic mass is 35.5. The van der Waals surface area contributed by atoms with Crippen molar-refractivity contribution in [1.82, 2.24) is 9.78 Å². The molecule has 1 heterocycles. The first-order valence-corrected chi connectivity index (χ1v) is 6.08. The SMILES string of the molecule is Cc1nn(C)c(C)c1CNc1ccc(O)c(Cl)c1. The van der Waals surface area contributed by atoms with Gasteiger partial charge in [-0.1, -0.05) is 11.6 Å². The summed E-state index contributed by atoms with van der Waals surface area (Å²) in [4.78, 5) is 0. The Morgan fingerprint density at radius 2 is 2.11 bits per heavy atom. The summed E-state index contributed by atoms with van der Waals surface area (Å²) in [6.45, 7) is 4.72. The lowest BCUT2D eigenvalue weighted by molar-refractivity contribution is 0.475. The fraction of sp³-hybridized carbons (Fsp3) is 0.308. The molecule has 0 aliphatic rings. The molecule has 18 heavy (non-hydrogen) atoms. The maximum atomic E-state index is 9.35. The minimum Gasteiger partial charge on any atom is -0.506 e. The van der Waals surface area contributed by atoms with E-state index >= 15 is 0 Å². The van der Waals surface area contributed by atoms with Crippen LogP contribution >= 0.6 is 11.6 Å². The van der Waals surface area contributed by atoms with Crippen molar-refractivity contribution >= 4 is 17.3 Å². The van der Waals surface area contributed by atoms with Gasteiger partial charge in [-0.2, -0.15) is 5.10 Å². The van der Waals surface area contributed by atoms with E-state index < -0.39 is 0 Å². The number of rotatable bonds is 3. The fourth-order valence-electron chi connectivity index (χ4n) is 1.88. The molecule has 2 N–H and O–H groups in total. The molecule has 2 aromatic rings. The van der Waals surface area contributed by atoms with E-state index in [0.29, 0.717) is 11.6 Å². The van der Waals surface area contributed by atoms with Gasteiger partial charge in [-0.05, 0) is 32.0 Å². The Bertz CT molecular complexity index is 578. The summed E-state index contributed by atoms with van der Waals surface area (Å²) in [6, 6.07) is 5.08. The first kappa shape index (κ1) is 12.8. The Balaban J connectivity index is 2.14. The van der Waals surface area contributed by atoms with Gasteiger partial charge in [-0.15, -0.1) is 0 Å². The summed E-state index contributed by atoms with van der Waals surface area (Å²) >= 11 is 5.86. The zero-order valence-electron chi connectivity index (χ0n) is 10.7. The van der Waals surface area contributed by atoms with Crippen LogP contribution in [0.25, 0.3) is 0 Å². The van der Waals surface area contributed by atoms with Crippen molar-refractivity contribution in [3.63, 3.8) is 0 Å². The van der Waals surface area contributed by atoms with Crippen LogP contribution in [0.3, 0.4) is 0 Å². The molecule has 0 unspecified atom stereocenters. The van der Waals surface area contributed by atoms with E-state index in [1.165, 1.54) is 5.56 Å². The van der Waals surface area contributed by atoms with Crippen molar-refractivity contribution in [1.29, 1.82) is 0 Å². The van der Waals surface area contributed by atoms with Gasteiger partial charge in [0.15, 0.2) is 0 Å². The van der Waals surface area contributed by atoms with Gasteiger partial charge in [0.1, 0.15) is 5.75 Å². The zero-order valence-corrected chi connectivity index (χ0v) is 11.4. The van der Waals surface area contributed by atoms with Crippen molar-refractivity contribution in [2.75, 3.05) is 5.32 Å². The van der Waals surface area contributed by atoms with E-state index in [-0.39, 0.29) is 5.75 Å². The van der Waals surface area contributed by atoms with Crippen LogP contribution in [0, 0.1) is 13.8 Å². The first-order chi connectivity index (χ1) is 8.49. The summed E-state index contributed by atoms with van der Waals surface area (Å²) in [6.07, 6.45) is 0. The molecule has 0 bridgehead atoms. The van der Waals surface area contributed by atoms with Crippen LogP contribution in [-0.4, -0.2) is 14.9 Å². The topological polar surface area (TPSA) is 50.1 Å². The van der Waals surface area contributed by atoms with Crippen LogP contribution in [0.15, 0.2) is 18.2 Å². The Morgan fingerprint density at radius 1 is 1.39 bits per heavy atom. The van der Waals surface area contributed by atoms with E-state index in [1.54, 1.807) is 18.2 Å². The highest BCUT2D eigenvalue weighted by Crippen LogP contribution is 2.26. The third-order valence-corrected chi connectivity index (χ3v) is 3.38. The zero-order chi connectivity index (χ0) is 13.3. The highest BCUT2D eigenvalue weighted by molar-refractivity contribution is 6.32. The average Bonchev–Trinajstić information content (AvgIpc) is 2.56. The van der Waals surface area contributed by atoms with Gasteiger partial charge in [-0.25, -0.2) is 0 Å². The quantitative estimate of drug-likeness (QED) is 0.839. The molecule has 0 amide bonds. The molecule has 0 aliphatic carbocycles. The second kappa shape index (κ2) is 4.90. The standard InChI is InChI=1S/C13H16ClN3O/c1-8-11(9(2)17(3)16-8)7-15-10-4-5-13(18)12(14)6-10/h4-6,15,18H,7H2,1-3H3. The normalized spacial score (nSPS) is 10.7. The van der Waals surface area contributed by atoms with E-state index in [9.17, 15) is 5.11 Å². The molecule has 96 valence electrons. The van der Waals surface area contributed by atoms with E-state index in [2.05, 4.69) is 10.4 Å². The molecular formula is C13H16ClN3O. The van der Waals surface area contributed by atoms with E-state index in [4.69, 9.17) is 11.6 Å². The number of anilines is 1. The summed E-state index contributed by atoms with van der Waals surface area (Å²) in [5.41, 5.74) is 4.22. The Hall–Kier alpha value is -1.68. The summed E-state index contributed by atoms with van der Waals surface area (Å²) < 4.78 is 1.87. The fourth-order valence-corrected chi connectivity index (χ4v) is 2.06. The summed E-state index contributed by atoms with van der Waals surface area (Å²) in [5.74, 6) is 0.0935. The predicted octanol–water partition coefficient (Wildman–Crippen LogP) is 3.01. The van der Waals surface area contributed by atoms with Crippen LogP contribution in [0.1, 0.15) is 17.0 Å². The van der Waals surface area contributed by atoms with Crippen molar-refractivity contribution in [3.05, 3.63) is 40.2 Å². The number of aromatic hydroxyl groups is 1. The number of benzene rings is 1. The van der Waals surface area contributed by atoms with Crippen molar-refractivity contribution in [2.24, 2.45) is 7.05 Å². The van der Waals surface area contributed by atoms with Crippen molar-refractivity contribution in [3.8, 4) is 5.75 Å². The van der Waals surface area contributed by atoms with Gasteiger partial charge in [0, 0.05) is 30.5 Å². The Labute approximate surface area is 111 Å².